The fourth-order valence-corrected chi connectivity index (χ4v) is 6.04. The molecule has 0 aromatic heterocycles. The van der Waals surface area contributed by atoms with Gasteiger partial charge in [-0.1, -0.05) is 65.3 Å². The summed E-state index contributed by atoms with van der Waals surface area (Å²) in [7, 11) is -4.09. The molecule has 0 radical (unpaired) electrons. The van der Waals surface area contributed by atoms with E-state index in [-0.39, 0.29) is 23.4 Å². The van der Waals surface area contributed by atoms with Crippen molar-refractivity contribution in [1.82, 2.24) is 10.2 Å². The van der Waals surface area contributed by atoms with Crippen molar-refractivity contribution in [2.45, 2.75) is 64.6 Å². The highest BCUT2D eigenvalue weighted by Crippen LogP contribution is 2.28. The summed E-state index contributed by atoms with van der Waals surface area (Å²) in [4.78, 5) is 28.7. The number of benzene rings is 3. The van der Waals surface area contributed by atoms with Gasteiger partial charge in [0, 0.05) is 17.1 Å². The predicted molar refractivity (Wildman–Crippen MR) is 159 cm³/mol. The van der Waals surface area contributed by atoms with Crippen LogP contribution in [0.5, 0.6) is 0 Å². The van der Waals surface area contributed by atoms with Gasteiger partial charge in [-0.15, -0.1) is 0 Å². The zero-order valence-electron chi connectivity index (χ0n) is 23.0. The number of hydrogen-bond acceptors (Lipinski definition) is 4. The molecule has 0 heterocycles. The molecule has 9 heteroatoms. The zero-order valence-corrected chi connectivity index (χ0v) is 25.4. The quantitative estimate of drug-likeness (QED) is 0.305. The molecule has 0 saturated heterocycles. The Morgan fingerprint density at radius 3 is 2.28 bits per heavy atom. The molecule has 39 heavy (non-hydrogen) atoms. The second kappa shape index (κ2) is 13.3. The fraction of sp³-hybridized carbons (Fsp3) is 0.333. The number of carbonyl (C=O) groups excluding carboxylic acids is 2. The van der Waals surface area contributed by atoms with Crippen molar-refractivity contribution >= 4 is 43.5 Å². The third kappa shape index (κ3) is 7.70. The van der Waals surface area contributed by atoms with Gasteiger partial charge < -0.3 is 10.2 Å². The van der Waals surface area contributed by atoms with Crippen LogP contribution in [-0.4, -0.2) is 43.8 Å². The average molecular weight is 615 g/mol. The molecule has 2 atom stereocenters. The topological polar surface area (TPSA) is 86.8 Å². The normalized spacial score (nSPS) is 12.9. The number of hydrogen-bond donors (Lipinski definition) is 1. The molecular formula is C30H36BrN3O4S. The van der Waals surface area contributed by atoms with E-state index in [1.54, 1.807) is 31.2 Å². The van der Waals surface area contributed by atoms with Crippen molar-refractivity contribution in [2.75, 3.05) is 10.8 Å². The van der Waals surface area contributed by atoms with Crippen LogP contribution >= 0.6 is 15.9 Å². The zero-order chi connectivity index (χ0) is 28.7. The van der Waals surface area contributed by atoms with Gasteiger partial charge in [0.25, 0.3) is 10.0 Å². The molecule has 0 bridgehead atoms. The highest BCUT2D eigenvalue weighted by molar-refractivity contribution is 9.10. The minimum Gasteiger partial charge on any atom is -0.352 e. The van der Waals surface area contributed by atoms with Crippen LogP contribution in [0.2, 0.25) is 0 Å². The monoisotopic (exact) mass is 613 g/mol. The van der Waals surface area contributed by atoms with Crippen molar-refractivity contribution in [1.29, 1.82) is 0 Å². The molecule has 0 saturated carbocycles. The number of anilines is 1. The minimum atomic E-state index is -4.09. The van der Waals surface area contributed by atoms with E-state index in [1.807, 2.05) is 64.1 Å². The molecule has 0 aliphatic heterocycles. The molecule has 0 aliphatic rings. The lowest BCUT2D eigenvalue weighted by Gasteiger charge is -2.33. The molecule has 208 valence electrons. The van der Waals surface area contributed by atoms with Crippen LogP contribution in [0.3, 0.4) is 0 Å². The average Bonchev–Trinajstić information content (AvgIpc) is 2.91. The van der Waals surface area contributed by atoms with Crippen LogP contribution in [0.4, 0.5) is 5.69 Å². The Bertz CT molecular complexity index is 1410. The van der Waals surface area contributed by atoms with E-state index in [4.69, 9.17) is 0 Å². The van der Waals surface area contributed by atoms with Gasteiger partial charge in [0.1, 0.15) is 12.6 Å². The van der Waals surface area contributed by atoms with E-state index < -0.39 is 28.5 Å². The number of halogens is 1. The second-order valence-corrected chi connectivity index (χ2v) is 12.5. The first-order chi connectivity index (χ1) is 18.4. The standard InChI is InChI=1S/C30H36BrN3O4S/c1-6-23(4)32-30(36)24(5)33(19-25-11-10-12-26(31)18-25)29(35)20-34(28-17-21(2)15-16-22(28)3)39(37,38)27-13-8-7-9-14-27/h7-18,23-24H,6,19-20H2,1-5H3,(H,32,36)/t23-,24+/m0/s1. The van der Waals surface area contributed by atoms with E-state index >= 15 is 0 Å². The Morgan fingerprint density at radius 1 is 0.949 bits per heavy atom. The van der Waals surface area contributed by atoms with Gasteiger partial charge in [-0.25, -0.2) is 8.42 Å². The molecule has 0 aliphatic carbocycles. The minimum absolute atomic E-state index is 0.0623. The summed E-state index contributed by atoms with van der Waals surface area (Å²) in [5.41, 5.74) is 2.81. The van der Waals surface area contributed by atoms with E-state index in [0.717, 1.165) is 26.3 Å². The molecule has 0 spiro atoms. The second-order valence-electron chi connectivity index (χ2n) is 9.76. The van der Waals surface area contributed by atoms with Crippen LogP contribution in [-0.2, 0) is 26.2 Å². The van der Waals surface area contributed by atoms with Crippen LogP contribution in [0.25, 0.3) is 0 Å². The van der Waals surface area contributed by atoms with E-state index in [2.05, 4.69) is 21.2 Å². The lowest BCUT2D eigenvalue weighted by molar-refractivity contribution is -0.139. The SMILES string of the molecule is CC[C@H](C)NC(=O)[C@@H](C)N(Cc1cccc(Br)c1)C(=O)CN(c1cc(C)ccc1C)S(=O)(=O)c1ccccc1. The molecule has 3 aromatic rings. The lowest BCUT2D eigenvalue weighted by atomic mass is 10.1. The summed E-state index contributed by atoms with van der Waals surface area (Å²) in [6, 6.07) is 20.2. The molecule has 7 nitrogen and oxygen atoms in total. The smallest absolute Gasteiger partial charge is 0.264 e. The number of nitrogens with zero attached hydrogens (tertiary/aromatic N) is 2. The van der Waals surface area contributed by atoms with E-state index in [9.17, 15) is 18.0 Å². The van der Waals surface area contributed by atoms with Gasteiger partial charge in [0.2, 0.25) is 11.8 Å². The maximum absolute atomic E-state index is 14.0. The Labute approximate surface area is 240 Å². The maximum atomic E-state index is 14.0. The van der Waals surface area contributed by atoms with Crippen molar-refractivity contribution in [3.8, 4) is 0 Å². The molecule has 0 fully saturated rings. The van der Waals surface area contributed by atoms with Crippen molar-refractivity contribution in [2.24, 2.45) is 0 Å². The molecule has 3 aromatic carbocycles. The maximum Gasteiger partial charge on any atom is 0.264 e. The summed E-state index contributed by atoms with van der Waals surface area (Å²) in [5.74, 6) is -0.779. The fourth-order valence-electron chi connectivity index (χ4n) is 4.10. The molecule has 3 rings (SSSR count). The van der Waals surface area contributed by atoms with Gasteiger partial charge in [0.05, 0.1) is 10.6 Å². The molecule has 0 unspecified atom stereocenters. The van der Waals surface area contributed by atoms with Crippen molar-refractivity contribution in [3.05, 3.63) is 94.0 Å². The third-order valence-electron chi connectivity index (χ3n) is 6.65. The first-order valence-corrected chi connectivity index (χ1v) is 15.2. The Morgan fingerprint density at radius 2 is 1.64 bits per heavy atom. The van der Waals surface area contributed by atoms with Gasteiger partial charge in [-0.05, 0) is 81.1 Å². The molecule has 1 N–H and O–H groups in total. The summed E-state index contributed by atoms with van der Waals surface area (Å²) >= 11 is 3.46. The summed E-state index contributed by atoms with van der Waals surface area (Å²) < 4.78 is 29.8. The summed E-state index contributed by atoms with van der Waals surface area (Å²) in [5, 5.41) is 2.95. The number of rotatable bonds is 11. The summed E-state index contributed by atoms with van der Waals surface area (Å²) in [6.45, 7) is 8.90. The highest BCUT2D eigenvalue weighted by Gasteiger charge is 2.33. The number of amides is 2. The highest BCUT2D eigenvalue weighted by atomic mass is 79.9. The number of nitrogens with one attached hydrogen (secondary N) is 1. The third-order valence-corrected chi connectivity index (χ3v) is 8.92. The van der Waals surface area contributed by atoms with E-state index in [1.165, 1.54) is 17.0 Å². The number of carbonyl (C=O) groups is 2. The van der Waals surface area contributed by atoms with Crippen LogP contribution in [0.1, 0.15) is 43.9 Å². The van der Waals surface area contributed by atoms with E-state index in [0.29, 0.717) is 11.3 Å². The summed E-state index contributed by atoms with van der Waals surface area (Å²) in [6.07, 6.45) is 0.744. The van der Waals surface area contributed by atoms with Gasteiger partial charge in [-0.3, -0.25) is 13.9 Å². The molecule has 2 amide bonds. The first-order valence-electron chi connectivity index (χ1n) is 12.9. The van der Waals surface area contributed by atoms with Gasteiger partial charge in [0.15, 0.2) is 0 Å². The Kier molecular flexibility index (Phi) is 10.3. The van der Waals surface area contributed by atoms with Crippen LogP contribution < -0.4 is 9.62 Å². The van der Waals surface area contributed by atoms with Crippen LogP contribution in [0, 0.1) is 13.8 Å². The number of aryl methyl sites for hydroxylation is 2. The van der Waals surface area contributed by atoms with Crippen molar-refractivity contribution in [3.63, 3.8) is 0 Å². The number of sulfonamides is 1. The van der Waals surface area contributed by atoms with Crippen molar-refractivity contribution < 1.29 is 18.0 Å². The Balaban J connectivity index is 2.06. The van der Waals surface area contributed by atoms with Gasteiger partial charge in [-0.2, -0.15) is 0 Å². The predicted octanol–water partition coefficient (Wildman–Crippen LogP) is 5.59. The first kappa shape index (κ1) is 30.4. The van der Waals surface area contributed by atoms with Crippen LogP contribution in [0.15, 0.2) is 82.2 Å². The van der Waals surface area contributed by atoms with Gasteiger partial charge >= 0.3 is 0 Å². The molecular weight excluding hydrogens is 578 g/mol. The Hall–Kier alpha value is -3.17. The lowest BCUT2D eigenvalue weighted by Crippen LogP contribution is -2.52. The largest absolute Gasteiger partial charge is 0.352 e.